The number of allylic oxidation sites excluding steroid dienone is 1. The van der Waals surface area contributed by atoms with E-state index in [1.165, 1.54) is 6.21 Å². The molecule has 4 aliphatic rings. The van der Waals surface area contributed by atoms with Crippen LogP contribution in [0.3, 0.4) is 0 Å². The second kappa shape index (κ2) is 7.88. The fraction of sp³-hybridized carbons (Fsp3) is 0.833. The third-order valence-electron chi connectivity index (χ3n) is 9.30. The van der Waals surface area contributed by atoms with E-state index in [2.05, 4.69) is 6.92 Å². The molecule has 0 radical (unpaired) electrons. The highest BCUT2D eigenvalue weighted by Crippen LogP contribution is 2.64. The maximum atomic E-state index is 15.3. The molecular weight excluding hydrogens is 367 g/mol. The van der Waals surface area contributed by atoms with E-state index in [1.807, 2.05) is 12.2 Å². The molecule has 0 aromatic carbocycles. The van der Waals surface area contributed by atoms with Gasteiger partial charge in [-0.1, -0.05) is 6.92 Å². The first-order chi connectivity index (χ1) is 13.8. The number of hydrogen-bond acceptors (Lipinski definition) is 3. The van der Waals surface area contributed by atoms with Crippen LogP contribution in [-0.4, -0.2) is 35.4 Å². The second-order valence-corrected chi connectivity index (χ2v) is 10.9. The smallest absolute Gasteiger partial charge is 0.190 e. The lowest BCUT2D eigenvalue weighted by Gasteiger charge is -2.57. The number of rotatable bonds is 5. The molecule has 29 heavy (non-hydrogen) atoms. The van der Waals surface area contributed by atoms with Crippen LogP contribution in [0.2, 0.25) is 0 Å². The number of quaternary nitrogens is 1. The summed E-state index contributed by atoms with van der Waals surface area (Å²) in [6, 6.07) is 0. The first-order valence-electron chi connectivity index (χ1n) is 11.6. The van der Waals surface area contributed by atoms with E-state index < -0.39 is 11.8 Å². The number of ketones is 1. The van der Waals surface area contributed by atoms with Crippen molar-refractivity contribution in [2.45, 2.75) is 77.0 Å². The Kier molecular flexibility index (Phi) is 5.75. The summed E-state index contributed by atoms with van der Waals surface area (Å²) in [5.74, 6) is 2.32. The van der Waals surface area contributed by atoms with Gasteiger partial charge in [0.25, 0.3) is 0 Å². The average molecular weight is 406 g/mol. The molecule has 4 N–H and O–H groups in total. The quantitative estimate of drug-likeness (QED) is 0.614. The fourth-order valence-corrected chi connectivity index (χ4v) is 7.99. The van der Waals surface area contributed by atoms with Gasteiger partial charge in [-0.3, -0.25) is 4.79 Å². The molecule has 4 fully saturated rings. The van der Waals surface area contributed by atoms with Gasteiger partial charge in [-0.25, -0.2) is 4.39 Å². The maximum Gasteiger partial charge on any atom is 0.190 e. The number of halogens is 1. The van der Waals surface area contributed by atoms with E-state index in [0.717, 1.165) is 38.5 Å². The van der Waals surface area contributed by atoms with Gasteiger partial charge in [0, 0.05) is 18.2 Å². The predicted molar refractivity (Wildman–Crippen MR) is 111 cm³/mol. The van der Waals surface area contributed by atoms with Gasteiger partial charge in [0.15, 0.2) is 5.78 Å². The van der Waals surface area contributed by atoms with Crippen LogP contribution in [0.25, 0.3) is 0 Å². The Morgan fingerprint density at radius 1 is 1.14 bits per heavy atom. The number of nitrogens with one attached hydrogen (secondary N) is 1. The van der Waals surface area contributed by atoms with Crippen LogP contribution in [0.15, 0.2) is 12.3 Å². The van der Waals surface area contributed by atoms with Crippen LogP contribution in [-0.2, 0) is 4.79 Å². The SMILES string of the molecule is CC1(O)CCC2C(C1)C(F)CC1C2CCC2(C)C(C(=O)C[NH2+]C=CC=N)CCC12. The summed E-state index contributed by atoms with van der Waals surface area (Å²) in [5.41, 5.74) is -0.681. The van der Waals surface area contributed by atoms with Crippen molar-refractivity contribution >= 4 is 12.0 Å². The van der Waals surface area contributed by atoms with Gasteiger partial charge in [0.2, 0.25) is 0 Å². The van der Waals surface area contributed by atoms with E-state index in [0.29, 0.717) is 48.8 Å². The molecule has 4 nitrogen and oxygen atoms in total. The monoisotopic (exact) mass is 405 g/mol. The van der Waals surface area contributed by atoms with E-state index in [1.54, 1.807) is 12.3 Å². The van der Waals surface area contributed by atoms with Crippen LogP contribution in [0, 0.1) is 46.3 Å². The molecule has 5 heteroatoms. The molecule has 0 aromatic heterocycles. The minimum Gasteiger partial charge on any atom is -0.390 e. The van der Waals surface area contributed by atoms with Crippen molar-refractivity contribution in [2.75, 3.05) is 6.54 Å². The van der Waals surface area contributed by atoms with Gasteiger partial charge in [0.05, 0.1) is 11.8 Å². The molecule has 4 saturated carbocycles. The highest BCUT2D eigenvalue weighted by molar-refractivity contribution is 5.83. The summed E-state index contributed by atoms with van der Waals surface area (Å²) in [6.07, 6.45) is 11.1. The van der Waals surface area contributed by atoms with Crippen LogP contribution >= 0.6 is 0 Å². The lowest BCUT2D eigenvalue weighted by atomic mass is 9.48. The van der Waals surface area contributed by atoms with Crippen molar-refractivity contribution in [3.8, 4) is 0 Å². The Bertz CT molecular complexity index is 678. The van der Waals surface area contributed by atoms with Crippen LogP contribution in [0.4, 0.5) is 4.39 Å². The highest BCUT2D eigenvalue weighted by atomic mass is 19.1. The van der Waals surface area contributed by atoms with E-state index in [-0.39, 0.29) is 17.3 Å². The first-order valence-corrected chi connectivity index (χ1v) is 11.6. The minimum absolute atomic E-state index is 0.0179. The third-order valence-corrected chi connectivity index (χ3v) is 9.30. The van der Waals surface area contributed by atoms with E-state index in [4.69, 9.17) is 5.41 Å². The van der Waals surface area contributed by atoms with Crippen molar-refractivity contribution in [1.82, 2.24) is 0 Å². The van der Waals surface area contributed by atoms with Crippen molar-refractivity contribution in [2.24, 2.45) is 40.9 Å². The molecule has 0 bridgehead atoms. The molecule has 0 spiro atoms. The zero-order valence-corrected chi connectivity index (χ0v) is 17.9. The van der Waals surface area contributed by atoms with E-state index >= 15 is 4.39 Å². The summed E-state index contributed by atoms with van der Waals surface area (Å²) >= 11 is 0. The Labute approximate surface area is 174 Å². The number of hydrogen-bond donors (Lipinski definition) is 3. The van der Waals surface area contributed by atoms with Crippen molar-refractivity contribution in [1.29, 1.82) is 5.41 Å². The second-order valence-electron chi connectivity index (χ2n) is 10.9. The van der Waals surface area contributed by atoms with Crippen LogP contribution in [0.5, 0.6) is 0 Å². The summed E-state index contributed by atoms with van der Waals surface area (Å²) in [6.45, 7) is 4.63. The largest absolute Gasteiger partial charge is 0.390 e. The Morgan fingerprint density at radius 3 is 2.62 bits per heavy atom. The lowest BCUT2D eigenvalue weighted by molar-refractivity contribution is -0.576. The summed E-state index contributed by atoms with van der Waals surface area (Å²) < 4.78 is 15.3. The number of carbonyl (C=O) groups excluding carboxylic acids is 1. The van der Waals surface area contributed by atoms with Crippen LogP contribution in [0.1, 0.15) is 65.2 Å². The van der Waals surface area contributed by atoms with Gasteiger partial charge >= 0.3 is 0 Å². The molecule has 0 aromatic rings. The molecule has 9 atom stereocenters. The number of Topliss-reactive ketones (excluding diaryl/α,β-unsaturated/α-hetero) is 1. The molecule has 0 aliphatic heterocycles. The van der Waals surface area contributed by atoms with Gasteiger partial charge in [-0.15, -0.1) is 0 Å². The number of carbonyl (C=O) groups is 1. The molecule has 4 rings (SSSR count). The number of aliphatic hydroxyl groups is 1. The molecule has 9 unspecified atom stereocenters. The molecule has 0 heterocycles. The highest BCUT2D eigenvalue weighted by Gasteiger charge is 2.60. The van der Waals surface area contributed by atoms with Crippen molar-refractivity contribution < 1.29 is 19.6 Å². The van der Waals surface area contributed by atoms with Gasteiger partial charge in [-0.05, 0) is 93.3 Å². The molecular formula is C24H38FN2O2+. The normalized spacial score (nSPS) is 49.3. The zero-order valence-electron chi connectivity index (χ0n) is 17.9. The van der Waals surface area contributed by atoms with Gasteiger partial charge in [0.1, 0.15) is 12.7 Å². The molecule has 0 amide bonds. The minimum atomic E-state index is -0.801. The van der Waals surface area contributed by atoms with Crippen molar-refractivity contribution in [3.63, 3.8) is 0 Å². The number of fused-ring (bicyclic) bond motifs is 5. The van der Waals surface area contributed by atoms with Crippen LogP contribution < -0.4 is 5.32 Å². The lowest BCUT2D eigenvalue weighted by Crippen LogP contribution is -2.80. The number of alkyl halides is 1. The molecule has 0 saturated heterocycles. The van der Waals surface area contributed by atoms with E-state index in [9.17, 15) is 9.90 Å². The predicted octanol–water partition coefficient (Wildman–Crippen LogP) is 3.25. The molecule has 162 valence electrons. The summed E-state index contributed by atoms with van der Waals surface area (Å²) in [5, 5.41) is 19.4. The van der Waals surface area contributed by atoms with Gasteiger partial charge in [-0.2, -0.15) is 0 Å². The zero-order chi connectivity index (χ0) is 20.8. The Balaban J connectivity index is 1.48. The van der Waals surface area contributed by atoms with Crippen molar-refractivity contribution in [3.05, 3.63) is 12.3 Å². The Hall–Kier alpha value is -1.07. The van der Waals surface area contributed by atoms with Gasteiger partial charge < -0.3 is 15.8 Å². The first kappa shape index (κ1) is 21.2. The maximum absolute atomic E-state index is 15.3. The average Bonchev–Trinajstić information content (AvgIpc) is 3.02. The Morgan fingerprint density at radius 2 is 1.86 bits per heavy atom. The summed E-state index contributed by atoms with van der Waals surface area (Å²) in [4.78, 5) is 13.0. The number of nitrogens with two attached hydrogens (primary N) is 1. The molecule has 4 aliphatic carbocycles. The standard InChI is InChI=1S/C24H37FN2O2/c1-23(29)8-6-16-15-7-9-24(2)19(17(15)12-21(25)18(16)13-23)4-5-20(24)22(28)14-27-11-3-10-26/h3,10-11,15-21,26-27,29H,4-9,12-14H2,1-2H3/p+1. The topological polar surface area (TPSA) is 77.8 Å². The fourth-order valence-electron chi connectivity index (χ4n) is 7.99. The summed E-state index contributed by atoms with van der Waals surface area (Å²) in [7, 11) is 0. The third kappa shape index (κ3) is 3.74.